The minimum Gasteiger partial charge on any atom is -0.369 e. The van der Waals surface area contributed by atoms with Crippen LogP contribution in [0.5, 0.6) is 0 Å². The van der Waals surface area contributed by atoms with Crippen molar-refractivity contribution in [3.63, 3.8) is 0 Å². The lowest BCUT2D eigenvalue weighted by Crippen LogP contribution is -2.22. The molecule has 0 fully saturated rings. The van der Waals surface area contributed by atoms with E-state index >= 15 is 0 Å². The van der Waals surface area contributed by atoms with Crippen molar-refractivity contribution in [2.75, 3.05) is 32.7 Å². The summed E-state index contributed by atoms with van der Waals surface area (Å²) in [7, 11) is 0. The second-order valence-corrected chi connectivity index (χ2v) is 7.02. The van der Waals surface area contributed by atoms with Gasteiger partial charge in [0.15, 0.2) is 0 Å². The lowest BCUT2D eigenvalue weighted by molar-refractivity contribution is -0.117. The van der Waals surface area contributed by atoms with Crippen molar-refractivity contribution in [1.82, 2.24) is 10.6 Å². The summed E-state index contributed by atoms with van der Waals surface area (Å²) in [6.07, 6.45) is 5.73. The van der Waals surface area contributed by atoms with Crippen LogP contribution < -0.4 is 22.1 Å². The first-order chi connectivity index (χ1) is 13.2. The standard InChI is InChI=1S/C22H34N4O/c23-12-6-16-26-14-4-3-13-25-15-5-8-19-11-10-18-7-1-2-9-20(18)21(19)17-22(24)27/h1-2,7,9-11,25-26H,3-6,8,12-17,23H2,(H2,24,27). The molecule has 0 bridgehead atoms. The fourth-order valence-electron chi connectivity index (χ4n) is 3.38. The van der Waals surface area contributed by atoms with Crippen molar-refractivity contribution < 1.29 is 4.79 Å². The molecular formula is C22H34N4O. The number of hydrogen-bond donors (Lipinski definition) is 4. The van der Waals surface area contributed by atoms with Gasteiger partial charge in [-0.1, -0.05) is 36.4 Å². The van der Waals surface area contributed by atoms with Crippen LogP contribution in [0.15, 0.2) is 36.4 Å². The minimum atomic E-state index is -0.272. The largest absolute Gasteiger partial charge is 0.369 e. The Bertz CT molecular complexity index is 702. The van der Waals surface area contributed by atoms with Crippen molar-refractivity contribution in [2.24, 2.45) is 11.5 Å². The Balaban J connectivity index is 1.73. The van der Waals surface area contributed by atoms with E-state index in [1.54, 1.807) is 0 Å². The van der Waals surface area contributed by atoms with E-state index in [4.69, 9.17) is 11.5 Å². The fraction of sp³-hybridized carbons (Fsp3) is 0.500. The Labute approximate surface area is 162 Å². The maximum absolute atomic E-state index is 11.5. The molecule has 0 aromatic heterocycles. The quantitative estimate of drug-likeness (QED) is 0.383. The number of rotatable bonds is 14. The van der Waals surface area contributed by atoms with Gasteiger partial charge in [-0.15, -0.1) is 0 Å². The lowest BCUT2D eigenvalue weighted by atomic mass is 9.94. The van der Waals surface area contributed by atoms with Gasteiger partial charge in [0.2, 0.25) is 5.91 Å². The van der Waals surface area contributed by atoms with E-state index in [9.17, 15) is 4.79 Å². The third kappa shape index (κ3) is 7.67. The number of nitrogens with two attached hydrogens (primary N) is 2. The molecule has 0 saturated heterocycles. The smallest absolute Gasteiger partial charge is 0.221 e. The second-order valence-electron chi connectivity index (χ2n) is 7.02. The molecule has 0 atom stereocenters. The number of hydrogen-bond acceptors (Lipinski definition) is 4. The van der Waals surface area contributed by atoms with E-state index in [0.717, 1.165) is 68.3 Å². The number of carbonyl (C=O) groups is 1. The van der Waals surface area contributed by atoms with Crippen molar-refractivity contribution >= 4 is 16.7 Å². The highest BCUT2D eigenvalue weighted by atomic mass is 16.1. The molecule has 2 aromatic rings. The summed E-state index contributed by atoms with van der Waals surface area (Å²) in [6.45, 7) is 4.87. The predicted molar refractivity (Wildman–Crippen MR) is 114 cm³/mol. The Hall–Kier alpha value is -1.95. The average Bonchev–Trinajstić information content (AvgIpc) is 2.67. The molecule has 0 radical (unpaired) electrons. The Morgan fingerprint density at radius 3 is 2.22 bits per heavy atom. The van der Waals surface area contributed by atoms with Crippen LogP contribution in [0, 0.1) is 0 Å². The fourth-order valence-corrected chi connectivity index (χ4v) is 3.38. The van der Waals surface area contributed by atoms with Crippen LogP contribution >= 0.6 is 0 Å². The number of carbonyl (C=O) groups excluding carboxylic acids is 1. The van der Waals surface area contributed by atoms with Crippen LogP contribution in [0.1, 0.15) is 36.8 Å². The molecule has 1 amide bonds. The van der Waals surface area contributed by atoms with Crippen molar-refractivity contribution in [3.8, 4) is 0 Å². The summed E-state index contributed by atoms with van der Waals surface area (Å²) >= 11 is 0. The molecule has 0 aliphatic heterocycles. The second kappa shape index (κ2) is 12.4. The van der Waals surface area contributed by atoms with Gasteiger partial charge in [0.1, 0.15) is 0 Å². The van der Waals surface area contributed by atoms with Gasteiger partial charge < -0.3 is 22.1 Å². The van der Waals surface area contributed by atoms with Crippen LogP contribution in [0.2, 0.25) is 0 Å². The molecule has 27 heavy (non-hydrogen) atoms. The molecule has 2 aromatic carbocycles. The van der Waals surface area contributed by atoms with Crippen molar-refractivity contribution in [2.45, 2.75) is 38.5 Å². The van der Waals surface area contributed by atoms with Gasteiger partial charge in [0.25, 0.3) is 0 Å². The maximum atomic E-state index is 11.5. The highest BCUT2D eigenvalue weighted by Crippen LogP contribution is 2.24. The van der Waals surface area contributed by atoms with E-state index in [-0.39, 0.29) is 5.91 Å². The van der Waals surface area contributed by atoms with Crippen LogP contribution in [-0.4, -0.2) is 38.6 Å². The lowest BCUT2D eigenvalue weighted by Gasteiger charge is -2.12. The zero-order valence-electron chi connectivity index (χ0n) is 16.3. The number of unbranched alkanes of at least 4 members (excludes halogenated alkanes) is 1. The highest BCUT2D eigenvalue weighted by Gasteiger charge is 2.10. The molecule has 0 aliphatic carbocycles. The van der Waals surface area contributed by atoms with E-state index in [1.807, 2.05) is 12.1 Å². The minimum absolute atomic E-state index is 0.272. The van der Waals surface area contributed by atoms with Crippen LogP contribution in [0.3, 0.4) is 0 Å². The van der Waals surface area contributed by atoms with E-state index in [2.05, 4.69) is 34.9 Å². The Morgan fingerprint density at radius 1 is 0.852 bits per heavy atom. The molecule has 2 rings (SSSR count). The molecule has 0 heterocycles. The van der Waals surface area contributed by atoms with Gasteiger partial charge in [0.05, 0.1) is 6.42 Å². The summed E-state index contributed by atoms with van der Waals surface area (Å²) in [5, 5.41) is 9.22. The Kier molecular flexibility index (Phi) is 9.84. The third-order valence-electron chi connectivity index (χ3n) is 4.80. The molecule has 0 saturated carbocycles. The summed E-state index contributed by atoms with van der Waals surface area (Å²) in [4.78, 5) is 11.5. The molecule has 0 aliphatic rings. The van der Waals surface area contributed by atoms with Gasteiger partial charge in [-0.3, -0.25) is 4.79 Å². The zero-order valence-corrected chi connectivity index (χ0v) is 16.3. The maximum Gasteiger partial charge on any atom is 0.221 e. The summed E-state index contributed by atoms with van der Waals surface area (Å²) in [6, 6.07) is 12.5. The van der Waals surface area contributed by atoms with Crippen LogP contribution in [0.4, 0.5) is 0 Å². The number of nitrogens with one attached hydrogen (secondary N) is 2. The molecule has 148 valence electrons. The average molecular weight is 371 g/mol. The van der Waals surface area contributed by atoms with Crippen LogP contribution in [0.25, 0.3) is 10.8 Å². The van der Waals surface area contributed by atoms with E-state index < -0.39 is 0 Å². The molecule has 5 heteroatoms. The van der Waals surface area contributed by atoms with Crippen molar-refractivity contribution in [3.05, 3.63) is 47.5 Å². The summed E-state index contributed by atoms with van der Waals surface area (Å²) in [5.41, 5.74) is 13.3. The van der Waals surface area contributed by atoms with Gasteiger partial charge in [-0.25, -0.2) is 0 Å². The summed E-state index contributed by atoms with van der Waals surface area (Å²) < 4.78 is 0. The SMILES string of the molecule is NCCCNCCCCNCCCc1ccc2ccccc2c1CC(N)=O. The van der Waals surface area contributed by atoms with Gasteiger partial charge in [0, 0.05) is 0 Å². The van der Waals surface area contributed by atoms with Gasteiger partial charge in [-0.05, 0) is 86.7 Å². The van der Waals surface area contributed by atoms with E-state index in [0.29, 0.717) is 6.42 Å². The molecular weight excluding hydrogens is 336 g/mol. The van der Waals surface area contributed by atoms with Crippen LogP contribution in [-0.2, 0) is 17.6 Å². The van der Waals surface area contributed by atoms with Gasteiger partial charge >= 0.3 is 0 Å². The zero-order chi connectivity index (χ0) is 19.3. The highest BCUT2D eigenvalue weighted by molar-refractivity contribution is 5.90. The summed E-state index contributed by atoms with van der Waals surface area (Å²) in [5.74, 6) is -0.272. The third-order valence-corrected chi connectivity index (χ3v) is 4.80. The number of amides is 1. The monoisotopic (exact) mass is 370 g/mol. The number of primary amides is 1. The number of benzene rings is 2. The number of aryl methyl sites for hydroxylation is 1. The first kappa shape index (κ1) is 21.4. The molecule has 0 spiro atoms. The first-order valence-corrected chi connectivity index (χ1v) is 10.1. The van der Waals surface area contributed by atoms with E-state index in [1.165, 1.54) is 18.4 Å². The normalized spacial score (nSPS) is 11.1. The first-order valence-electron chi connectivity index (χ1n) is 10.1. The molecule has 5 nitrogen and oxygen atoms in total. The number of fused-ring (bicyclic) bond motifs is 1. The predicted octanol–water partition coefficient (Wildman–Crippen LogP) is 2.11. The molecule has 0 unspecified atom stereocenters. The van der Waals surface area contributed by atoms with Gasteiger partial charge in [-0.2, -0.15) is 0 Å². The van der Waals surface area contributed by atoms with Crippen molar-refractivity contribution in [1.29, 1.82) is 0 Å². The topological polar surface area (TPSA) is 93.2 Å². The molecule has 6 N–H and O–H groups in total. The Morgan fingerprint density at radius 2 is 1.52 bits per heavy atom.